The van der Waals surface area contributed by atoms with Crippen LogP contribution in [0.5, 0.6) is 17.4 Å². The molecule has 0 aliphatic carbocycles. The van der Waals surface area contributed by atoms with Crippen molar-refractivity contribution in [3.05, 3.63) is 89.7 Å². The molecule has 4 rings (SSSR count). The minimum Gasteiger partial charge on any atom is -0.477 e. The summed E-state index contributed by atoms with van der Waals surface area (Å²) in [5.74, 6) is 2.14. The van der Waals surface area contributed by atoms with Crippen molar-refractivity contribution in [2.24, 2.45) is 0 Å². The second kappa shape index (κ2) is 8.06. The zero-order valence-corrected chi connectivity index (χ0v) is 15.3. The van der Waals surface area contributed by atoms with Crippen LogP contribution in [0.3, 0.4) is 0 Å². The molecule has 27 heavy (non-hydrogen) atoms. The first-order valence-corrected chi connectivity index (χ1v) is 9.01. The van der Waals surface area contributed by atoms with Crippen molar-refractivity contribution in [2.45, 2.75) is 6.42 Å². The number of fused-ring (bicyclic) bond motifs is 1. The first-order valence-electron chi connectivity index (χ1n) is 8.63. The molecule has 0 bridgehead atoms. The van der Waals surface area contributed by atoms with Crippen LogP contribution in [0.4, 0.5) is 0 Å². The van der Waals surface area contributed by atoms with E-state index < -0.39 is 0 Å². The molecular formula is C22H17ClN2O2. The van der Waals surface area contributed by atoms with Gasteiger partial charge in [0.05, 0.1) is 17.5 Å². The van der Waals surface area contributed by atoms with Crippen LogP contribution in [0.15, 0.2) is 79.1 Å². The number of rotatable bonds is 6. The molecule has 0 atom stereocenters. The van der Waals surface area contributed by atoms with Crippen LogP contribution in [-0.4, -0.2) is 16.6 Å². The molecule has 0 aliphatic heterocycles. The topological polar surface area (TPSA) is 44.2 Å². The Morgan fingerprint density at radius 2 is 1.67 bits per heavy atom. The van der Waals surface area contributed by atoms with E-state index in [4.69, 9.17) is 21.1 Å². The molecule has 0 radical (unpaired) electrons. The fraction of sp³-hybridized carbons (Fsp3) is 0.0909. The Morgan fingerprint density at radius 1 is 0.815 bits per heavy atom. The Hall–Kier alpha value is -3.11. The van der Waals surface area contributed by atoms with Crippen LogP contribution in [0.2, 0.25) is 5.02 Å². The van der Waals surface area contributed by atoms with Gasteiger partial charge in [0.15, 0.2) is 0 Å². The fourth-order valence-electron chi connectivity index (χ4n) is 2.76. The average molecular weight is 377 g/mol. The van der Waals surface area contributed by atoms with Crippen molar-refractivity contribution in [2.75, 3.05) is 6.61 Å². The Kier molecular flexibility index (Phi) is 5.17. The second-order valence-electron chi connectivity index (χ2n) is 6.00. The third kappa shape index (κ3) is 4.36. The summed E-state index contributed by atoms with van der Waals surface area (Å²) in [6.45, 7) is 0.519. The third-order valence-electron chi connectivity index (χ3n) is 4.08. The molecule has 4 nitrogen and oxygen atoms in total. The molecule has 0 saturated heterocycles. The zero-order valence-electron chi connectivity index (χ0n) is 14.5. The number of benzene rings is 3. The normalized spacial score (nSPS) is 10.7. The van der Waals surface area contributed by atoms with Gasteiger partial charge in [0, 0.05) is 11.4 Å². The van der Waals surface area contributed by atoms with Crippen LogP contribution in [0.25, 0.3) is 10.9 Å². The van der Waals surface area contributed by atoms with Gasteiger partial charge >= 0.3 is 0 Å². The van der Waals surface area contributed by atoms with Gasteiger partial charge in [0.2, 0.25) is 5.88 Å². The Balaban J connectivity index is 1.40. The fourth-order valence-corrected chi connectivity index (χ4v) is 2.89. The molecule has 0 saturated carbocycles. The highest BCUT2D eigenvalue weighted by Gasteiger charge is 2.05. The van der Waals surface area contributed by atoms with Gasteiger partial charge in [0.1, 0.15) is 17.8 Å². The summed E-state index contributed by atoms with van der Waals surface area (Å²) >= 11 is 5.91. The van der Waals surface area contributed by atoms with E-state index in [0.717, 1.165) is 34.4 Å². The van der Waals surface area contributed by atoms with Gasteiger partial charge in [-0.2, -0.15) is 0 Å². The standard InChI is InChI=1S/C22H17ClN2O2/c23-17-8-10-18(11-9-17)27-19-5-3-4-16(14-19)12-13-26-22-20-6-1-2-7-21(20)24-15-25-22/h1-11,14-15H,12-13H2. The minimum atomic E-state index is 0.519. The second-order valence-corrected chi connectivity index (χ2v) is 6.43. The predicted molar refractivity (Wildman–Crippen MR) is 107 cm³/mol. The lowest BCUT2D eigenvalue weighted by Crippen LogP contribution is -2.03. The van der Waals surface area contributed by atoms with Crippen molar-refractivity contribution in [3.8, 4) is 17.4 Å². The van der Waals surface area contributed by atoms with E-state index in [1.54, 1.807) is 12.1 Å². The molecule has 0 aliphatic rings. The Labute approximate surface area is 162 Å². The molecule has 1 heterocycles. The summed E-state index contributed by atoms with van der Waals surface area (Å²) in [7, 11) is 0. The highest BCUT2D eigenvalue weighted by Crippen LogP contribution is 2.24. The van der Waals surface area contributed by atoms with Crippen LogP contribution in [0, 0.1) is 0 Å². The SMILES string of the molecule is Clc1ccc(Oc2cccc(CCOc3ncnc4ccccc34)c2)cc1. The lowest BCUT2D eigenvalue weighted by Gasteiger charge is -2.09. The summed E-state index contributed by atoms with van der Waals surface area (Å²) in [5, 5.41) is 1.60. The van der Waals surface area contributed by atoms with Crippen molar-refractivity contribution in [1.82, 2.24) is 9.97 Å². The molecule has 1 aromatic heterocycles. The number of para-hydroxylation sites is 1. The molecule has 0 fully saturated rings. The van der Waals surface area contributed by atoms with Crippen molar-refractivity contribution in [1.29, 1.82) is 0 Å². The van der Waals surface area contributed by atoms with Crippen LogP contribution >= 0.6 is 11.6 Å². The molecular weight excluding hydrogens is 360 g/mol. The summed E-state index contributed by atoms with van der Waals surface area (Å²) in [5.41, 5.74) is 2.00. The molecule has 0 amide bonds. The van der Waals surface area contributed by atoms with Crippen LogP contribution < -0.4 is 9.47 Å². The zero-order chi connectivity index (χ0) is 18.5. The van der Waals surface area contributed by atoms with Crippen LogP contribution in [0.1, 0.15) is 5.56 Å². The number of nitrogens with zero attached hydrogens (tertiary/aromatic N) is 2. The highest BCUT2D eigenvalue weighted by atomic mass is 35.5. The molecule has 3 aromatic carbocycles. The summed E-state index contributed by atoms with van der Waals surface area (Å²) in [4.78, 5) is 8.50. The summed E-state index contributed by atoms with van der Waals surface area (Å²) < 4.78 is 11.8. The van der Waals surface area contributed by atoms with Gasteiger partial charge in [0.25, 0.3) is 0 Å². The maximum absolute atomic E-state index is 5.91. The van der Waals surface area contributed by atoms with E-state index in [1.807, 2.05) is 54.6 Å². The Bertz CT molecular complexity index is 1050. The monoisotopic (exact) mass is 376 g/mol. The van der Waals surface area contributed by atoms with Gasteiger partial charge in [-0.05, 0) is 54.1 Å². The summed E-state index contributed by atoms with van der Waals surface area (Å²) in [6.07, 6.45) is 2.27. The predicted octanol–water partition coefficient (Wildman–Crippen LogP) is 5.70. The molecule has 0 spiro atoms. The summed E-state index contributed by atoms with van der Waals surface area (Å²) in [6, 6.07) is 23.1. The number of halogens is 1. The van der Waals surface area contributed by atoms with Crippen molar-refractivity contribution < 1.29 is 9.47 Å². The molecule has 4 aromatic rings. The number of ether oxygens (including phenoxy) is 2. The van der Waals surface area contributed by atoms with E-state index in [0.29, 0.717) is 17.5 Å². The van der Waals surface area contributed by atoms with E-state index in [2.05, 4.69) is 16.0 Å². The van der Waals surface area contributed by atoms with Crippen molar-refractivity contribution in [3.63, 3.8) is 0 Å². The minimum absolute atomic E-state index is 0.519. The average Bonchev–Trinajstić information content (AvgIpc) is 2.70. The Morgan fingerprint density at radius 3 is 2.56 bits per heavy atom. The third-order valence-corrected chi connectivity index (χ3v) is 4.34. The van der Waals surface area contributed by atoms with E-state index in [1.165, 1.54) is 6.33 Å². The number of hydrogen-bond acceptors (Lipinski definition) is 4. The molecule has 0 unspecified atom stereocenters. The molecule has 0 N–H and O–H groups in total. The first kappa shape index (κ1) is 17.3. The van der Waals surface area contributed by atoms with Gasteiger partial charge in [-0.3, -0.25) is 0 Å². The van der Waals surface area contributed by atoms with Gasteiger partial charge in [-0.15, -0.1) is 0 Å². The maximum atomic E-state index is 5.91. The smallest absolute Gasteiger partial charge is 0.224 e. The van der Waals surface area contributed by atoms with Gasteiger partial charge in [-0.25, -0.2) is 9.97 Å². The highest BCUT2D eigenvalue weighted by molar-refractivity contribution is 6.30. The van der Waals surface area contributed by atoms with E-state index in [9.17, 15) is 0 Å². The van der Waals surface area contributed by atoms with Gasteiger partial charge < -0.3 is 9.47 Å². The number of aromatic nitrogens is 2. The van der Waals surface area contributed by atoms with E-state index >= 15 is 0 Å². The number of hydrogen-bond donors (Lipinski definition) is 0. The van der Waals surface area contributed by atoms with E-state index in [-0.39, 0.29) is 0 Å². The van der Waals surface area contributed by atoms with Crippen molar-refractivity contribution >= 4 is 22.5 Å². The maximum Gasteiger partial charge on any atom is 0.224 e. The van der Waals surface area contributed by atoms with Gasteiger partial charge in [-0.1, -0.05) is 35.9 Å². The molecule has 134 valence electrons. The quantitative estimate of drug-likeness (QED) is 0.433. The molecule has 5 heteroatoms. The largest absolute Gasteiger partial charge is 0.477 e. The lowest BCUT2D eigenvalue weighted by atomic mass is 10.1. The van der Waals surface area contributed by atoms with Crippen LogP contribution in [-0.2, 0) is 6.42 Å². The lowest BCUT2D eigenvalue weighted by molar-refractivity contribution is 0.313. The first-order chi connectivity index (χ1) is 13.3.